The number of pyridine rings is 1. The van der Waals surface area contributed by atoms with Crippen molar-refractivity contribution in [1.82, 2.24) is 9.97 Å². The first-order valence-corrected chi connectivity index (χ1v) is 8.57. The number of carbonyl (C=O) groups excluding carboxylic acids is 1. The van der Waals surface area contributed by atoms with Gasteiger partial charge in [-0.3, -0.25) is 4.79 Å². The summed E-state index contributed by atoms with van der Waals surface area (Å²) in [4.78, 5) is 20.5. The molecule has 1 aromatic carbocycles. The highest BCUT2D eigenvalue weighted by Gasteiger charge is 2.21. The zero-order chi connectivity index (χ0) is 18.8. The largest absolute Gasteiger partial charge is 0.478 e. The van der Waals surface area contributed by atoms with E-state index in [-0.39, 0.29) is 5.56 Å². The zero-order valence-corrected chi connectivity index (χ0v) is 14.9. The second kappa shape index (κ2) is 7.17. The molecule has 0 saturated heterocycles. The first-order chi connectivity index (χ1) is 12.4. The summed E-state index contributed by atoms with van der Waals surface area (Å²) in [5.41, 5.74) is 6.07. The average Bonchev–Trinajstić information content (AvgIpc) is 3.04. The van der Waals surface area contributed by atoms with Crippen LogP contribution in [0.3, 0.4) is 0 Å². The number of rotatable bonds is 5. The fourth-order valence-electron chi connectivity index (χ4n) is 2.48. The van der Waals surface area contributed by atoms with E-state index >= 15 is 0 Å². The van der Waals surface area contributed by atoms with Gasteiger partial charge in [0.05, 0.1) is 11.5 Å². The molecule has 1 amide bonds. The van der Waals surface area contributed by atoms with Gasteiger partial charge in [-0.1, -0.05) is 0 Å². The second-order valence-corrected chi connectivity index (χ2v) is 6.48. The van der Waals surface area contributed by atoms with Crippen LogP contribution in [-0.2, 0) is 0 Å². The highest BCUT2D eigenvalue weighted by molar-refractivity contribution is 7.18. The normalized spacial score (nSPS) is 10.8. The van der Waals surface area contributed by atoms with Crippen molar-refractivity contribution in [2.24, 2.45) is 5.73 Å². The van der Waals surface area contributed by atoms with Crippen LogP contribution in [-0.4, -0.2) is 22.5 Å². The number of hydrogen-bond acceptors (Lipinski definition) is 5. The van der Waals surface area contributed by atoms with Gasteiger partial charge in [0.25, 0.3) is 5.91 Å². The Bertz CT molecular complexity index is 989. The van der Waals surface area contributed by atoms with Crippen LogP contribution in [0.5, 0.6) is 5.88 Å². The van der Waals surface area contributed by atoms with Crippen LogP contribution < -0.4 is 10.5 Å². The number of hydrogen-bond donors (Lipinski definition) is 1. The molecule has 8 heteroatoms. The Balaban J connectivity index is 2.01. The van der Waals surface area contributed by atoms with Crippen molar-refractivity contribution in [2.45, 2.75) is 13.8 Å². The van der Waals surface area contributed by atoms with Crippen molar-refractivity contribution < 1.29 is 18.3 Å². The Morgan fingerprint density at radius 2 is 2.00 bits per heavy atom. The SMILES string of the molecule is CCOc1cc(C)c(-c2cnc(-c3ccc(F)c(C(N)=O)c3F)s2)cn1. The van der Waals surface area contributed by atoms with Gasteiger partial charge in [0.15, 0.2) is 0 Å². The predicted octanol–water partition coefficient (Wildman–Crippen LogP) is 3.96. The van der Waals surface area contributed by atoms with E-state index in [1.165, 1.54) is 17.4 Å². The highest BCUT2D eigenvalue weighted by Crippen LogP contribution is 2.36. The lowest BCUT2D eigenvalue weighted by atomic mass is 10.1. The van der Waals surface area contributed by atoms with E-state index < -0.39 is 23.1 Å². The molecule has 0 unspecified atom stereocenters. The first-order valence-electron chi connectivity index (χ1n) is 7.76. The van der Waals surface area contributed by atoms with Crippen LogP contribution >= 0.6 is 11.3 Å². The number of aromatic nitrogens is 2. The van der Waals surface area contributed by atoms with Crippen LogP contribution in [0.25, 0.3) is 21.0 Å². The summed E-state index contributed by atoms with van der Waals surface area (Å²) in [5.74, 6) is -2.65. The average molecular weight is 375 g/mol. The Morgan fingerprint density at radius 1 is 1.23 bits per heavy atom. The Morgan fingerprint density at radius 3 is 2.65 bits per heavy atom. The number of halogens is 2. The molecule has 0 saturated carbocycles. The molecular formula is C18H15F2N3O2S. The molecule has 134 valence electrons. The highest BCUT2D eigenvalue weighted by atomic mass is 32.1. The zero-order valence-electron chi connectivity index (χ0n) is 14.0. The second-order valence-electron chi connectivity index (χ2n) is 5.45. The molecule has 0 aliphatic heterocycles. The Labute approximate surface area is 152 Å². The molecular weight excluding hydrogens is 360 g/mol. The molecule has 0 spiro atoms. The Kier molecular flexibility index (Phi) is 4.94. The number of benzene rings is 1. The number of thiazole rings is 1. The van der Waals surface area contributed by atoms with E-state index in [0.717, 1.165) is 22.1 Å². The van der Waals surface area contributed by atoms with Gasteiger partial charge in [-0.2, -0.15) is 0 Å². The summed E-state index contributed by atoms with van der Waals surface area (Å²) in [6.45, 7) is 4.29. The van der Waals surface area contributed by atoms with Crippen molar-refractivity contribution in [3.63, 3.8) is 0 Å². The third-order valence-electron chi connectivity index (χ3n) is 3.72. The smallest absolute Gasteiger partial charge is 0.254 e. The van der Waals surface area contributed by atoms with Gasteiger partial charge in [0.2, 0.25) is 5.88 Å². The molecule has 2 N–H and O–H groups in total. The minimum absolute atomic E-state index is 0.0213. The van der Waals surface area contributed by atoms with E-state index in [0.29, 0.717) is 17.5 Å². The van der Waals surface area contributed by atoms with Gasteiger partial charge in [0, 0.05) is 29.6 Å². The lowest BCUT2D eigenvalue weighted by molar-refractivity contribution is 0.0992. The van der Waals surface area contributed by atoms with Crippen LogP contribution in [0, 0.1) is 18.6 Å². The lowest BCUT2D eigenvalue weighted by Gasteiger charge is -2.06. The molecule has 0 bridgehead atoms. The topological polar surface area (TPSA) is 78.1 Å². The van der Waals surface area contributed by atoms with Gasteiger partial charge in [-0.15, -0.1) is 11.3 Å². The molecule has 3 rings (SSSR count). The maximum absolute atomic E-state index is 14.5. The maximum atomic E-state index is 14.5. The monoisotopic (exact) mass is 375 g/mol. The number of aryl methyl sites for hydroxylation is 1. The van der Waals surface area contributed by atoms with Crippen molar-refractivity contribution >= 4 is 17.2 Å². The van der Waals surface area contributed by atoms with Crippen LogP contribution in [0.15, 0.2) is 30.6 Å². The summed E-state index contributed by atoms with van der Waals surface area (Å²) in [5, 5.41) is 0.313. The van der Waals surface area contributed by atoms with E-state index in [2.05, 4.69) is 9.97 Å². The fraction of sp³-hybridized carbons (Fsp3) is 0.167. The molecule has 5 nitrogen and oxygen atoms in total. The molecule has 26 heavy (non-hydrogen) atoms. The third kappa shape index (κ3) is 3.28. The molecule has 0 aliphatic carbocycles. The van der Waals surface area contributed by atoms with Gasteiger partial charge < -0.3 is 10.5 Å². The quantitative estimate of drug-likeness (QED) is 0.732. The predicted molar refractivity (Wildman–Crippen MR) is 95.1 cm³/mol. The molecule has 2 heterocycles. The third-order valence-corrected chi connectivity index (χ3v) is 4.78. The summed E-state index contributed by atoms with van der Waals surface area (Å²) < 4.78 is 33.5. The lowest BCUT2D eigenvalue weighted by Crippen LogP contribution is -2.16. The molecule has 3 aromatic rings. The molecule has 0 fully saturated rings. The van der Waals surface area contributed by atoms with Gasteiger partial charge in [-0.25, -0.2) is 18.7 Å². The van der Waals surface area contributed by atoms with E-state index in [9.17, 15) is 13.6 Å². The first kappa shape index (κ1) is 17.9. The number of carbonyl (C=O) groups is 1. The summed E-state index contributed by atoms with van der Waals surface area (Å²) >= 11 is 1.21. The van der Waals surface area contributed by atoms with Crippen molar-refractivity contribution in [3.8, 4) is 26.9 Å². The number of ether oxygens (including phenoxy) is 1. The minimum atomic E-state index is -1.16. The van der Waals surface area contributed by atoms with E-state index in [1.807, 2.05) is 19.9 Å². The van der Waals surface area contributed by atoms with Crippen LogP contribution in [0.2, 0.25) is 0 Å². The molecule has 0 aliphatic rings. The van der Waals surface area contributed by atoms with E-state index in [4.69, 9.17) is 10.5 Å². The number of nitrogens with two attached hydrogens (primary N) is 1. The standard InChI is InChI=1S/C18H15F2N3O2S/c1-3-25-14-6-9(2)11(7-22-14)13-8-23-18(26-13)10-4-5-12(19)15(16(10)20)17(21)24/h4-8H,3H2,1-2H3,(H2,21,24). The van der Waals surface area contributed by atoms with Gasteiger partial charge >= 0.3 is 0 Å². The van der Waals surface area contributed by atoms with Crippen LogP contribution in [0.1, 0.15) is 22.8 Å². The fourth-order valence-corrected chi connectivity index (χ4v) is 3.49. The summed E-state index contributed by atoms with van der Waals surface area (Å²) in [6.07, 6.45) is 3.24. The summed E-state index contributed by atoms with van der Waals surface area (Å²) in [7, 11) is 0. The van der Waals surface area contributed by atoms with Crippen LogP contribution in [0.4, 0.5) is 8.78 Å². The Hall–Kier alpha value is -2.87. The number of primary amides is 1. The van der Waals surface area contributed by atoms with Gasteiger partial charge in [0.1, 0.15) is 22.2 Å². The van der Waals surface area contributed by atoms with Gasteiger partial charge in [-0.05, 0) is 31.5 Å². The molecule has 0 radical (unpaired) electrons. The van der Waals surface area contributed by atoms with Crippen molar-refractivity contribution in [2.75, 3.05) is 6.61 Å². The number of nitrogens with zero attached hydrogens (tertiary/aromatic N) is 2. The maximum Gasteiger partial charge on any atom is 0.254 e. The van der Waals surface area contributed by atoms with E-state index in [1.54, 1.807) is 12.4 Å². The molecule has 2 aromatic heterocycles. The van der Waals surface area contributed by atoms with Crippen molar-refractivity contribution in [3.05, 3.63) is 53.4 Å². The summed E-state index contributed by atoms with van der Waals surface area (Å²) in [6, 6.07) is 4.05. The molecule has 0 atom stereocenters. The van der Waals surface area contributed by atoms with Crippen molar-refractivity contribution in [1.29, 1.82) is 0 Å². The minimum Gasteiger partial charge on any atom is -0.478 e. The number of amides is 1.